The molecule has 0 saturated carbocycles. The van der Waals surface area contributed by atoms with Gasteiger partial charge in [-0.15, -0.1) is 0 Å². The normalized spacial score (nSPS) is 10.7. The molecular weight excluding hydrogens is 228 g/mol. The Morgan fingerprint density at radius 2 is 2.00 bits per heavy atom. The quantitative estimate of drug-likeness (QED) is 0.722. The molecule has 0 aliphatic rings. The van der Waals surface area contributed by atoms with Crippen molar-refractivity contribution in [2.45, 2.75) is 6.92 Å². The molecule has 0 saturated heterocycles. The lowest BCUT2D eigenvalue weighted by atomic mass is 10.1. The topological polar surface area (TPSA) is 62.1 Å². The summed E-state index contributed by atoms with van der Waals surface area (Å²) in [6.45, 7) is 1.95. The second-order valence-electron chi connectivity index (χ2n) is 4.07. The number of phenols is 1. The van der Waals surface area contributed by atoms with E-state index in [0.29, 0.717) is 5.56 Å². The number of para-hydroxylation sites is 1. The number of phenolic OH excluding ortho intramolecular Hbond substituents is 1. The third kappa shape index (κ3) is 1.59. The minimum absolute atomic E-state index is 0.220. The van der Waals surface area contributed by atoms with Crippen LogP contribution in [-0.4, -0.2) is 15.3 Å². The van der Waals surface area contributed by atoms with Crippen LogP contribution in [0.2, 0.25) is 0 Å². The zero-order valence-electron chi connectivity index (χ0n) is 9.84. The number of aromatic amines is 1. The molecule has 0 amide bonds. The maximum absolute atomic E-state index is 9.85. The van der Waals surface area contributed by atoms with E-state index in [1.54, 1.807) is 18.4 Å². The van der Waals surface area contributed by atoms with E-state index in [9.17, 15) is 5.11 Å². The summed E-state index contributed by atoms with van der Waals surface area (Å²) in [5.41, 5.74) is 3.23. The number of H-pyrrole nitrogens is 1. The smallest absolute Gasteiger partial charge is 0.151 e. The Bertz CT molecular complexity index is 669. The van der Waals surface area contributed by atoms with Crippen molar-refractivity contribution in [3.63, 3.8) is 0 Å². The number of aromatic nitrogens is 2. The van der Waals surface area contributed by atoms with Gasteiger partial charge >= 0.3 is 0 Å². The molecule has 0 atom stereocenters. The Kier molecular flexibility index (Phi) is 2.41. The van der Waals surface area contributed by atoms with E-state index in [1.165, 1.54) is 0 Å². The third-order valence-corrected chi connectivity index (χ3v) is 2.94. The molecule has 3 rings (SSSR count). The van der Waals surface area contributed by atoms with Crippen molar-refractivity contribution < 1.29 is 9.52 Å². The fourth-order valence-corrected chi connectivity index (χ4v) is 1.99. The summed E-state index contributed by atoms with van der Waals surface area (Å²) in [4.78, 5) is 0. The Balaban J connectivity index is 2.14. The molecule has 18 heavy (non-hydrogen) atoms. The zero-order chi connectivity index (χ0) is 12.5. The van der Waals surface area contributed by atoms with Gasteiger partial charge in [0.25, 0.3) is 0 Å². The van der Waals surface area contributed by atoms with Gasteiger partial charge < -0.3 is 9.52 Å². The van der Waals surface area contributed by atoms with E-state index in [1.807, 2.05) is 31.2 Å². The second-order valence-corrected chi connectivity index (χ2v) is 4.07. The average molecular weight is 240 g/mol. The number of hydrogen-bond acceptors (Lipinski definition) is 3. The molecule has 0 bridgehead atoms. The minimum atomic E-state index is 0.220. The van der Waals surface area contributed by atoms with Crippen molar-refractivity contribution in [1.82, 2.24) is 10.2 Å². The van der Waals surface area contributed by atoms with E-state index in [4.69, 9.17) is 4.42 Å². The molecular formula is C14H12N2O2. The predicted octanol–water partition coefficient (Wildman–Crippen LogP) is 3.35. The van der Waals surface area contributed by atoms with Gasteiger partial charge in [0.05, 0.1) is 12.0 Å². The van der Waals surface area contributed by atoms with Gasteiger partial charge in [0.15, 0.2) is 5.76 Å². The van der Waals surface area contributed by atoms with Gasteiger partial charge in [-0.05, 0) is 31.2 Å². The average Bonchev–Trinajstić information content (AvgIpc) is 2.99. The summed E-state index contributed by atoms with van der Waals surface area (Å²) in [7, 11) is 0. The van der Waals surface area contributed by atoms with Crippen molar-refractivity contribution in [3.05, 3.63) is 48.2 Å². The number of aromatic hydroxyl groups is 1. The zero-order valence-corrected chi connectivity index (χ0v) is 9.84. The van der Waals surface area contributed by atoms with Crippen LogP contribution >= 0.6 is 0 Å². The molecule has 0 aliphatic heterocycles. The van der Waals surface area contributed by atoms with Crippen molar-refractivity contribution >= 4 is 0 Å². The predicted molar refractivity (Wildman–Crippen MR) is 68.1 cm³/mol. The molecule has 0 aliphatic carbocycles. The third-order valence-electron chi connectivity index (χ3n) is 2.94. The Morgan fingerprint density at radius 3 is 2.72 bits per heavy atom. The Labute approximate surface area is 104 Å². The van der Waals surface area contributed by atoms with Gasteiger partial charge in [-0.25, -0.2) is 0 Å². The maximum Gasteiger partial charge on any atom is 0.151 e. The SMILES string of the molecule is Cc1c(-c2ccccc2O)n[nH]c1-c1ccco1. The van der Waals surface area contributed by atoms with Gasteiger partial charge in [-0.1, -0.05) is 12.1 Å². The highest BCUT2D eigenvalue weighted by atomic mass is 16.3. The lowest BCUT2D eigenvalue weighted by Gasteiger charge is -2.01. The lowest BCUT2D eigenvalue weighted by Crippen LogP contribution is -1.82. The minimum Gasteiger partial charge on any atom is -0.507 e. The number of nitrogens with zero attached hydrogens (tertiary/aromatic N) is 1. The van der Waals surface area contributed by atoms with E-state index in [0.717, 1.165) is 22.7 Å². The van der Waals surface area contributed by atoms with Crippen LogP contribution in [0.1, 0.15) is 5.56 Å². The van der Waals surface area contributed by atoms with E-state index < -0.39 is 0 Å². The van der Waals surface area contributed by atoms with Crippen LogP contribution < -0.4 is 0 Å². The summed E-state index contributed by atoms with van der Waals surface area (Å²) in [6, 6.07) is 10.8. The molecule has 0 unspecified atom stereocenters. The molecule has 1 aromatic carbocycles. The maximum atomic E-state index is 9.85. The van der Waals surface area contributed by atoms with Crippen LogP contribution in [0, 0.1) is 6.92 Å². The molecule has 3 aromatic rings. The number of hydrogen-bond donors (Lipinski definition) is 2. The van der Waals surface area contributed by atoms with Crippen molar-refractivity contribution in [2.24, 2.45) is 0 Å². The first-order valence-corrected chi connectivity index (χ1v) is 5.64. The summed E-state index contributed by atoms with van der Waals surface area (Å²) in [6.07, 6.45) is 1.62. The monoisotopic (exact) mass is 240 g/mol. The number of rotatable bonds is 2. The van der Waals surface area contributed by atoms with Gasteiger partial charge in [-0.2, -0.15) is 5.10 Å². The lowest BCUT2D eigenvalue weighted by molar-refractivity contribution is 0.477. The van der Waals surface area contributed by atoms with Crippen LogP contribution in [0.15, 0.2) is 47.1 Å². The fraction of sp³-hybridized carbons (Fsp3) is 0.0714. The van der Waals surface area contributed by atoms with E-state index in [-0.39, 0.29) is 5.75 Å². The van der Waals surface area contributed by atoms with Crippen molar-refractivity contribution in [1.29, 1.82) is 0 Å². The molecule has 2 aromatic heterocycles. The Hall–Kier alpha value is -2.49. The first kappa shape index (κ1) is 10.7. The molecule has 0 radical (unpaired) electrons. The van der Waals surface area contributed by atoms with Gasteiger partial charge in [-0.3, -0.25) is 5.10 Å². The highest BCUT2D eigenvalue weighted by Gasteiger charge is 2.15. The van der Waals surface area contributed by atoms with Crippen LogP contribution in [0.4, 0.5) is 0 Å². The number of benzene rings is 1. The molecule has 4 nitrogen and oxygen atoms in total. The second kappa shape index (κ2) is 4.07. The molecule has 2 N–H and O–H groups in total. The first-order valence-electron chi connectivity index (χ1n) is 5.64. The first-order chi connectivity index (χ1) is 8.77. The van der Waals surface area contributed by atoms with Gasteiger partial charge in [0.2, 0.25) is 0 Å². The standard InChI is InChI=1S/C14H12N2O2/c1-9-13(10-5-2-3-6-11(10)17)15-16-14(9)12-7-4-8-18-12/h2-8,17H,1H3,(H,15,16). The van der Waals surface area contributed by atoms with Gasteiger partial charge in [0, 0.05) is 11.1 Å². The number of furan rings is 1. The molecule has 0 fully saturated rings. The van der Waals surface area contributed by atoms with Crippen LogP contribution in [-0.2, 0) is 0 Å². The van der Waals surface area contributed by atoms with Crippen LogP contribution in [0.3, 0.4) is 0 Å². The molecule has 0 spiro atoms. The largest absolute Gasteiger partial charge is 0.507 e. The van der Waals surface area contributed by atoms with Gasteiger partial charge in [0.1, 0.15) is 11.4 Å². The van der Waals surface area contributed by atoms with Crippen molar-refractivity contribution in [3.8, 4) is 28.5 Å². The molecule has 2 heterocycles. The highest BCUT2D eigenvalue weighted by Crippen LogP contribution is 2.33. The number of nitrogens with one attached hydrogen (secondary N) is 1. The van der Waals surface area contributed by atoms with E-state index >= 15 is 0 Å². The molecule has 4 heteroatoms. The molecule has 90 valence electrons. The van der Waals surface area contributed by atoms with Crippen LogP contribution in [0.5, 0.6) is 5.75 Å². The summed E-state index contributed by atoms with van der Waals surface area (Å²) in [5.74, 6) is 0.958. The summed E-state index contributed by atoms with van der Waals surface area (Å²) < 4.78 is 5.35. The van der Waals surface area contributed by atoms with Crippen molar-refractivity contribution in [2.75, 3.05) is 0 Å². The van der Waals surface area contributed by atoms with Crippen LogP contribution in [0.25, 0.3) is 22.7 Å². The van der Waals surface area contributed by atoms with E-state index in [2.05, 4.69) is 10.2 Å². The summed E-state index contributed by atoms with van der Waals surface area (Å²) >= 11 is 0. The Morgan fingerprint density at radius 1 is 1.17 bits per heavy atom. The fourth-order valence-electron chi connectivity index (χ4n) is 1.99. The summed E-state index contributed by atoms with van der Waals surface area (Å²) in [5, 5.41) is 17.1. The highest BCUT2D eigenvalue weighted by molar-refractivity contribution is 5.74.